The van der Waals surface area contributed by atoms with Gasteiger partial charge in [-0.05, 0) is 50.2 Å². The molecule has 0 fully saturated rings. The second-order valence-electron chi connectivity index (χ2n) is 6.92. The Morgan fingerprint density at radius 3 is 2.10 bits per heavy atom. The molecule has 2 aromatic rings. The minimum Gasteiger partial charge on any atom is -0.330 e. The van der Waals surface area contributed by atoms with Crippen molar-refractivity contribution in [3.8, 4) is 0 Å². The Balaban J connectivity index is 2.02. The number of nitrogens with two attached hydrogens (primary N) is 1. The van der Waals surface area contributed by atoms with E-state index in [1.165, 1.54) is 28.6 Å². The first-order valence-electron chi connectivity index (χ1n) is 9.70. The van der Waals surface area contributed by atoms with E-state index in [0.717, 1.165) is 5.56 Å². The van der Waals surface area contributed by atoms with E-state index < -0.39 is 10.0 Å². The molecule has 0 spiro atoms. The van der Waals surface area contributed by atoms with Crippen LogP contribution in [0, 0.1) is 5.82 Å². The number of hydrogen-bond acceptors (Lipinski definition) is 3. The Morgan fingerprint density at radius 1 is 1.03 bits per heavy atom. The Kier molecular flexibility index (Phi) is 7.89. The number of sulfonamides is 1. The van der Waals surface area contributed by atoms with Gasteiger partial charge in [0.15, 0.2) is 6.04 Å². The van der Waals surface area contributed by atoms with Crippen LogP contribution >= 0.6 is 0 Å². The average Bonchev–Trinajstić information content (AvgIpc) is 2.70. The lowest BCUT2D eigenvalue weighted by atomic mass is 10.1. The highest BCUT2D eigenvalue weighted by Crippen LogP contribution is 2.18. The first-order chi connectivity index (χ1) is 13.7. The molecular weight excluding hydrogens is 393 g/mol. The van der Waals surface area contributed by atoms with Crippen LogP contribution in [0.3, 0.4) is 0 Å². The van der Waals surface area contributed by atoms with Gasteiger partial charge in [-0.3, -0.25) is 4.79 Å². The fraction of sp³-hybridized carbons (Fsp3) is 0.381. The molecule has 29 heavy (non-hydrogen) atoms. The van der Waals surface area contributed by atoms with E-state index in [1.54, 1.807) is 31.2 Å². The Morgan fingerprint density at radius 2 is 1.59 bits per heavy atom. The standard InChI is InChI=1S/C21H28FN3O3S/c1-5-25(6-2)29(27,28)20-13-7-17(8-14-20)15(3)23-16(4)21(26)24-19-11-9-18(22)10-12-19/h7-16,23H,5-6H2,1-4H3,(H,24,26)/p+1/t15-,16-/m1/s1. The highest BCUT2D eigenvalue weighted by atomic mass is 32.2. The number of rotatable bonds is 9. The molecule has 0 saturated heterocycles. The number of benzene rings is 2. The summed E-state index contributed by atoms with van der Waals surface area (Å²) in [5, 5.41) is 4.65. The van der Waals surface area contributed by atoms with Crippen LogP contribution < -0.4 is 10.6 Å². The summed E-state index contributed by atoms with van der Waals surface area (Å²) in [6.07, 6.45) is 0. The molecule has 0 aromatic heterocycles. The predicted molar refractivity (Wildman–Crippen MR) is 111 cm³/mol. The van der Waals surface area contributed by atoms with Gasteiger partial charge in [0, 0.05) is 24.3 Å². The Labute approximate surface area is 172 Å². The number of hydrogen-bond donors (Lipinski definition) is 2. The van der Waals surface area contributed by atoms with Crippen LogP contribution in [0.2, 0.25) is 0 Å². The highest BCUT2D eigenvalue weighted by Gasteiger charge is 2.23. The molecule has 0 aliphatic heterocycles. The molecule has 0 aliphatic rings. The summed E-state index contributed by atoms with van der Waals surface area (Å²) in [5.41, 5.74) is 1.46. The maximum Gasteiger partial charge on any atom is 0.282 e. The number of carbonyl (C=O) groups excluding carboxylic acids is 1. The fourth-order valence-corrected chi connectivity index (χ4v) is 4.53. The smallest absolute Gasteiger partial charge is 0.282 e. The lowest BCUT2D eigenvalue weighted by molar-refractivity contribution is -0.709. The number of nitrogens with one attached hydrogen (secondary N) is 1. The van der Waals surface area contributed by atoms with Gasteiger partial charge in [0.25, 0.3) is 5.91 Å². The zero-order valence-electron chi connectivity index (χ0n) is 17.2. The maximum absolute atomic E-state index is 13.0. The quantitative estimate of drug-likeness (QED) is 0.651. The van der Waals surface area contributed by atoms with E-state index >= 15 is 0 Å². The summed E-state index contributed by atoms with van der Waals surface area (Å²) in [4.78, 5) is 12.6. The van der Waals surface area contributed by atoms with Crippen molar-refractivity contribution in [1.29, 1.82) is 0 Å². The van der Waals surface area contributed by atoms with Gasteiger partial charge in [-0.1, -0.05) is 26.0 Å². The van der Waals surface area contributed by atoms with Gasteiger partial charge in [0.05, 0.1) is 4.90 Å². The molecule has 0 bridgehead atoms. The van der Waals surface area contributed by atoms with Gasteiger partial charge in [-0.2, -0.15) is 4.31 Å². The van der Waals surface area contributed by atoms with Crippen molar-refractivity contribution >= 4 is 21.6 Å². The minimum atomic E-state index is -3.49. The van der Waals surface area contributed by atoms with Crippen molar-refractivity contribution in [2.24, 2.45) is 0 Å². The third-order valence-electron chi connectivity index (χ3n) is 4.85. The van der Waals surface area contributed by atoms with E-state index in [1.807, 2.05) is 26.1 Å². The van der Waals surface area contributed by atoms with Crippen LogP contribution in [-0.4, -0.2) is 37.8 Å². The van der Waals surface area contributed by atoms with E-state index in [2.05, 4.69) is 5.32 Å². The second kappa shape index (κ2) is 9.96. The molecule has 2 aromatic carbocycles. The second-order valence-corrected chi connectivity index (χ2v) is 8.86. The van der Waals surface area contributed by atoms with Crippen molar-refractivity contribution in [3.63, 3.8) is 0 Å². The van der Waals surface area contributed by atoms with Crippen molar-refractivity contribution in [2.75, 3.05) is 18.4 Å². The predicted octanol–water partition coefficient (Wildman–Crippen LogP) is 2.51. The molecule has 2 rings (SSSR count). The third-order valence-corrected chi connectivity index (χ3v) is 6.92. The van der Waals surface area contributed by atoms with Crippen LogP contribution in [0.25, 0.3) is 0 Å². The maximum atomic E-state index is 13.0. The number of nitrogens with zero attached hydrogens (tertiary/aromatic N) is 1. The molecule has 0 aliphatic carbocycles. The lowest BCUT2D eigenvalue weighted by Crippen LogP contribution is -2.91. The minimum absolute atomic E-state index is 0.0471. The molecule has 0 unspecified atom stereocenters. The third kappa shape index (κ3) is 5.85. The molecule has 3 N–H and O–H groups in total. The summed E-state index contributed by atoms with van der Waals surface area (Å²) in [6, 6.07) is 12.0. The van der Waals surface area contributed by atoms with Gasteiger partial charge in [0.2, 0.25) is 10.0 Å². The van der Waals surface area contributed by atoms with Gasteiger partial charge >= 0.3 is 0 Å². The molecule has 6 nitrogen and oxygen atoms in total. The number of quaternary nitrogens is 1. The van der Waals surface area contributed by atoms with Gasteiger partial charge in [-0.15, -0.1) is 0 Å². The highest BCUT2D eigenvalue weighted by molar-refractivity contribution is 7.89. The van der Waals surface area contributed by atoms with Gasteiger partial charge in [0.1, 0.15) is 11.9 Å². The number of carbonyl (C=O) groups is 1. The normalized spacial score (nSPS) is 13.9. The molecule has 0 heterocycles. The molecule has 0 radical (unpaired) electrons. The average molecular weight is 423 g/mol. The molecule has 8 heteroatoms. The van der Waals surface area contributed by atoms with Crippen molar-refractivity contribution in [1.82, 2.24) is 4.31 Å². The number of amides is 1. The largest absolute Gasteiger partial charge is 0.330 e. The Bertz CT molecular complexity index is 911. The number of halogens is 1. The van der Waals surface area contributed by atoms with Gasteiger partial charge in [-0.25, -0.2) is 12.8 Å². The van der Waals surface area contributed by atoms with E-state index in [0.29, 0.717) is 18.8 Å². The van der Waals surface area contributed by atoms with Crippen molar-refractivity contribution in [3.05, 3.63) is 59.9 Å². The summed E-state index contributed by atoms with van der Waals surface area (Å²) < 4.78 is 39.5. The zero-order chi connectivity index (χ0) is 21.6. The van der Waals surface area contributed by atoms with E-state index in [9.17, 15) is 17.6 Å². The van der Waals surface area contributed by atoms with Crippen LogP contribution in [0.1, 0.15) is 39.3 Å². The van der Waals surface area contributed by atoms with Crippen LogP contribution in [-0.2, 0) is 14.8 Å². The van der Waals surface area contributed by atoms with Crippen LogP contribution in [0.5, 0.6) is 0 Å². The van der Waals surface area contributed by atoms with E-state index in [-0.39, 0.29) is 28.7 Å². The topological polar surface area (TPSA) is 83.1 Å². The monoisotopic (exact) mass is 422 g/mol. The van der Waals surface area contributed by atoms with E-state index in [4.69, 9.17) is 0 Å². The molecule has 1 amide bonds. The summed E-state index contributed by atoms with van der Waals surface area (Å²) in [7, 11) is -3.49. The summed E-state index contributed by atoms with van der Waals surface area (Å²) in [5.74, 6) is -0.549. The molecule has 158 valence electrons. The summed E-state index contributed by atoms with van der Waals surface area (Å²) in [6.45, 7) is 8.21. The molecule has 2 atom stereocenters. The van der Waals surface area contributed by atoms with Gasteiger partial charge < -0.3 is 10.6 Å². The van der Waals surface area contributed by atoms with Crippen molar-refractivity contribution < 1.29 is 22.9 Å². The van der Waals surface area contributed by atoms with Crippen LogP contribution in [0.4, 0.5) is 10.1 Å². The molecule has 0 saturated carbocycles. The van der Waals surface area contributed by atoms with Crippen molar-refractivity contribution in [2.45, 2.75) is 44.7 Å². The fourth-order valence-electron chi connectivity index (χ4n) is 3.08. The number of anilines is 1. The first-order valence-corrected chi connectivity index (χ1v) is 11.1. The van der Waals surface area contributed by atoms with Crippen LogP contribution in [0.15, 0.2) is 53.4 Å². The molecular formula is C21H29FN3O3S+. The summed E-state index contributed by atoms with van der Waals surface area (Å²) >= 11 is 0. The zero-order valence-corrected chi connectivity index (χ0v) is 18.0. The Hall–Kier alpha value is -2.29. The lowest BCUT2D eigenvalue weighted by Gasteiger charge is -2.19. The first kappa shape index (κ1) is 23.0. The SMILES string of the molecule is CCN(CC)S(=O)(=O)c1ccc([C@@H](C)[NH2+][C@H](C)C(=O)Nc2ccc(F)cc2)cc1.